The van der Waals surface area contributed by atoms with Gasteiger partial charge in [0.1, 0.15) is 0 Å². The molecule has 24 heavy (non-hydrogen) atoms. The summed E-state index contributed by atoms with van der Waals surface area (Å²) >= 11 is 0. The quantitative estimate of drug-likeness (QED) is 0.847. The first kappa shape index (κ1) is 16.6. The van der Waals surface area contributed by atoms with Crippen LogP contribution in [-0.2, 0) is 10.0 Å². The number of pyridine rings is 1. The van der Waals surface area contributed by atoms with E-state index in [1.807, 2.05) is 0 Å². The molecule has 2 aromatic rings. The van der Waals surface area contributed by atoms with Crippen LogP contribution in [0.2, 0.25) is 0 Å². The zero-order valence-electron chi connectivity index (χ0n) is 13.2. The normalized spacial score (nSPS) is 16.6. The second-order valence-corrected chi connectivity index (χ2v) is 7.54. The Kier molecular flexibility index (Phi) is 4.92. The highest BCUT2D eigenvalue weighted by molar-refractivity contribution is 7.89. The Labute approximate surface area is 141 Å². The molecule has 7 heteroatoms. The van der Waals surface area contributed by atoms with E-state index >= 15 is 0 Å². The molecule has 0 aliphatic carbocycles. The minimum atomic E-state index is -3.52. The summed E-state index contributed by atoms with van der Waals surface area (Å²) in [6.07, 6.45) is 3.76. The van der Waals surface area contributed by atoms with Gasteiger partial charge in [0.05, 0.1) is 10.5 Å². The summed E-state index contributed by atoms with van der Waals surface area (Å²) in [5.74, 6) is -0.109. The van der Waals surface area contributed by atoms with E-state index in [9.17, 15) is 13.2 Å². The molecule has 1 fully saturated rings. The number of benzene rings is 1. The number of amides is 1. The minimum Gasteiger partial charge on any atom is -0.337 e. The van der Waals surface area contributed by atoms with Crippen molar-refractivity contribution in [1.82, 2.24) is 14.2 Å². The summed E-state index contributed by atoms with van der Waals surface area (Å²) < 4.78 is 26.9. The lowest BCUT2D eigenvalue weighted by atomic mass is 10.2. The van der Waals surface area contributed by atoms with Crippen LogP contribution in [0, 0.1) is 0 Å². The van der Waals surface area contributed by atoms with Gasteiger partial charge >= 0.3 is 0 Å². The van der Waals surface area contributed by atoms with Crippen molar-refractivity contribution in [3.63, 3.8) is 0 Å². The van der Waals surface area contributed by atoms with Gasteiger partial charge in [0.2, 0.25) is 10.0 Å². The second kappa shape index (κ2) is 7.11. The monoisotopic (exact) mass is 345 g/mol. The van der Waals surface area contributed by atoms with Crippen LogP contribution < -0.4 is 0 Å². The van der Waals surface area contributed by atoms with Gasteiger partial charge in [0, 0.05) is 38.6 Å². The molecule has 1 aromatic heterocycles. The van der Waals surface area contributed by atoms with Crippen LogP contribution >= 0.6 is 0 Å². The maximum atomic E-state index is 12.7. The summed E-state index contributed by atoms with van der Waals surface area (Å²) in [5, 5.41) is 0. The number of hydrogen-bond donors (Lipinski definition) is 0. The van der Waals surface area contributed by atoms with Gasteiger partial charge in [0.25, 0.3) is 5.91 Å². The van der Waals surface area contributed by atoms with Crippen LogP contribution in [0.3, 0.4) is 0 Å². The smallest absolute Gasteiger partial charge is 0.255 e. The zero-order chi connectivity index (χ0) is 17.0. The van der Waals surface area contributed by atoms with E-state index in [0.29, 0.717) is 38.2 Å². The standard InChI is InChI=1S/C17H19N3O3S/c21-17(15-6-4-9-18-14-15)19-10-5-11-20(13-12-19)24(22,23)16-7-2-1-3-8-16/h1-4,6-9,14H,5,10-13H2. The fourth-order valence-corrected chi connectivity index (χ4v) is 4.24. The molecule has 0 spiro atoms. The van der Waals surface area contributed by atoms with Gasteiger partial charge in [0.15, 0.2) is 0 Å². The van der Waals surface area contributed by atoms with Gasteiger partial charge in [-0.15, -0.1) is 0 Å². The first-order chi connectivity index (χ1) is 11.6. The van der Waals surface area contributed by atoms with Crippen LogP contribution in [0.4, 0.5) is 0 Å². The van der Waals surface area contributed by atoms with E-state index in [-0.39, 0.29) is 10.8 Å². The number of nitrogens with zero attached hydrogens (tertiary/aromatic N) is 3. The Balaban J connectivity index is 1.73. The van der Waals surface area contributed by atoms with Crippen molar-refractivity contribution in [1.29, 1.82) is 0 Å². The van der Waals surface area contributed by atoms with Crippen molar-refractivity contribution in [2.24, 2.45) is 0 Å². The van der Waals surface area contributed by atoms with Crippen LogP contribution in [0.25, 0.3) is 0 Å². The predicted octanol–water partition coefficient (Wildman–Crippen LogP) is 1.62. The van der Waals surface area contributed by atoms with Gasteiger partial charge < -0.3 is 4.90 Å². The summed E-state index contributed by atoms with van der Waals surface area (Å²) in [5.41, 5.74) is 0.525. The molecule has 0 bridgehead atoms. The molecule has 1 amide bonds. The van der Waals surface area contributed by atoms with Crippen molar-refractivity contribution in [2.45, 2.75) is 11.3 Å². The van der Waals surface area contributed by atoms with Gasteiger partial charge in [-0.1, -0.05) is 18.2 Å². The predicted molar refractivity (Wildman–Crippen MR) is 90.0 cm³/mol. The molecule has 3 rings (SSSR count). The summed E-state index contributed by atoms with van der Waals surface area (Å²) in [4.78, 5) is 18.4. The van der Waals surface area contributed by atoms with E-state index < -0.39 is 10.0 Å². The molecule has 2 heterocycles. The molecule has 1 saturated heterocycles. The number of aromatic nitrogens is 1. The summed E-state index contributed by atoms with van der Waals surface area (Å²) in [6, 6.07) is 11.8. The largest absolute Gasteiger partial charge is 0.337 e. The van der Waals surface area contributed by atoms with Gasteiger partial charge in [-0.05, 0) is 30.7 Å². The Bertz CT molecular complexity index is 794. The van der Waals surface area contributed by atoms with Crippen molar-refractivity contribution in [2.75, 3.05) is 26.2 Å². The molecule has 0 unspecified atom stereocenters. The van der Waals surface area contributed by atoms with E-state index in [4.69, 9.17) is 0 Å². The third-order valence-electron chi connectivity index (χ3n) is 4.03. The Morgan fingerprint density at radius 3 is 2.46 bits per heavy atom. The third-order valence-corrected chi connectivity index (χ3v) is 5.94. The molecule has 0 radical (unpaired) electrons. The average molecular weight is 345 g/mol. The molecule has 1 aliphatic rings. The van der Waals surface area contributed by atoms with E-state index in [1.54, 1.807) is 53.6 Å². The lowest BCUT2D eigenvalue weighted by Crippen LogP contribution is -2.37. The van der Waals surface area contributed by atoms with Crippen LogP contribution in [0.15, 0.2) is 59.8 Å². The summed E-state index contributed by atoms with van der Waals surface area (Å²) in [7, 11) is -3.52. The van der Waals surface area contributed by atoms with Gasteiger partial charge in [-0.3, -0.25) is 9.78 Å². The SMILES string of the molecule is O=C(c1cccnc1)N1CCCN(S(=O)(=O)c2ccccc2)CC1. The molecule has 1 aliphatic heterocycles. The van der Waals surface area contributed by atoms with Gasteiger partial charge in [-0.25, -0.2) is 8.42 Å². The highest BCUT2D eigenvalue weighted by Crippen LogP contribution is 2.18. The molecule has 6 nitrogen and oxygen atoms in total. The maximum absolute atomic E-state index is 12.7. The van der Waals surface area contributed by atoms with E-state index in [2.05, 4.69) is 4.98 Å². The van der Waals surface area contributed by atoms with Crippen molar-refractivity contribution in [3.05, 3.63) is 60.4 Å². The summed E-state index contributed by atoms with van der Waals surface area (Å²) in [6.45, 7) is 1.62. The average Bonchev–Trinajstić information content (AvgIpc) is 2.89. The topological polar surface area (TPSA) is 70.6 Å². The lowest BCUT2D eigenvalue weighted by molar-refractivity contribution is 0.0764. The number of rotatable bonds is 3. The van der Waals surface area contributed by atoms with Crippen molar-refractivity contribution < 1.29 is 13.2 Å². The highest BCUT2D eigenvalue weighted by Gasteiger charge is 2.28. The van der Waals surface area contributed by atoms with Crippen LogP contribution in [0.1, 0.15) is 16.8 Å². The maximum Gasteiger partial charge on any atom is 0.255 e. The Hall–Kier alpha value is -2.25. The first-order valence-electron chi connectivity index (χ1n) is 7.83. The Morgan fingerprint density at radius 1 is 0.958 bits per heavy atom. The Morgan fingerprint density at radius 2 is 1.75 bits per heavy atom. The number of sulfonamides is 1. The van der Waals surface area contributed by atoms with Gasteiger partial charge in [-0.2, -0.15) is 4.31 Å². The molecule has 0 atom stereocenters. The highest BCUT2D eigenvalue weighted by atomic mass is 32.2. The van der Waals surface area contributed by atoms with E-state index in [1.165, 1.54) is 10.5 Å². The van der Waals surface area contributed by atoms with Crippen molar-refractivity contribution in [3.8, 4) is 0 Å². The molecule has 0 saturated carbocycles. The molecular weight excluding hydrogens is 326 g/mol. The molecular formula is C17H19N3O3S. The minimum absolute atomic E-state index is 0.109. The van der Waals surface area contributed by atoms with Crippen LogP contribution in [-0.4, -0.2) is 54.7 Å². The van der Waals surface area contributed by atoms with Crippen LogP contribution in [0.5, 0.6) is 0 Å². The second-order valence-electron chi connectivity index (χ2n) is 5.60. The number of carbonyl (C=O) groups excluding carboxylic acids is 1. The molecule has 126 valence electrons. The lowest BCUT2D eigenvalue weighted by Gasteiger charge is -2.22. The molecule has 0 N–H and O–H groups in total. The van der Waals surface area contributed by atoms with Crippen molar-refractivity contribution >= 4 is 15.9 Å². The third kappa shape index (κ3) is 3.47. The first-order valence-corrected chi connectivity index (χ1v) is 9.27. The fourth-order valence-electron chi connectivity index (χ4n) is 2.75. The van der Waals surface area contributed by atoms with E-state index in [0.717, 1.165) is 0 Å². The fraction of sp³-hybridized carbons (Fsp3) is 0.294. The number of hydrogen-bond acceptors (Lipinski definition) is 4. The number of carbonyl (C=O) groups is 1. The zero-order valence-corrected chi connectivity index (χ0v) is 14.0. The molecule has 1 aromatic carbocycles.